The molecular weight excluding hydrogens is 350 g/mol. The summed E-state index contributed by atoms with van der Waals surface area (Å²) in [6, 6.07) is 3.87. The Morgan fingerprint density at radius 1 is 0.923 bits per heavy atom. The van der Waals surface area contributed by atoms with Gasteiger partial charge in [-0.1, -0.05) is 17.7 Å². The lowest BCUT2D eigenvalue weighted by atomic mass is 9.98. The molecule has 1 aliphatic heterocycles. The van der Waals surface area contributed by atoms with Crippen LogP contribution in [0, 0.1) is 20.8 Å². The van der Waals surface area contributed by atoms with E-state index in [2.05, 4.69) is 10.2 Å². The van der Waals surface area contributed by atoms with Gasteiger partial charge in [-0.15, -0.1) is 10.2 Å². The van der Waals surface area contributed by atoms with Crippen molar-refractivity contribution in [1.82, 2.24) is 14.5 Å². The van der Waals surface area contributed by atoms with Gasteiger partial charge < -0.3 is 4.42 Å². The molecule has 0 spiro atoms. The second kappa shape index (κ2) is 6.46. The first kappa shape index (κ1) is 17.7. The minimum atomic E-state index is -3.48. The van der Waals surface area contributed by atoms with E-state index in [0.717, 1.165) is 48.3 Å². The molecule has 1 saturated heterocycles. The van der Waals surface area contributed by atoms with E-state index in [-0.39, 0.29) is 5.92 Å². The molecule has 7 heteroatoms. The number of sulfonamides is 1. The van der Waals surface area contributed by atoms with Crippen LogP contribution >= 0.6 is 0 Å². The van der Waals surface area contributed by atoms with E-state index in [0.29, 0.717) is 29.8 Å². The summed E-state index contributed by atoms with van der Waals surface area (Å²) in [6.45, 7) is 6.71. The van der Waals surface area contributed by atoms with Crippen molar-refractivity contribution in [3.05, 3.63) is 40.6 Å². The highest BCUT2D eigenvalue weighted by Crippen LogP contribution is 2.40. The summed E-state index contributed by atoms with van der Waals surface area (Å²) in [5.41, 5.74) is 2.71. The van der Waals surface area contributed by atoms with Gasteiger partial charge in [-0.3, -0.25) is 0 Å². The Balaban J connectivity index is 1.50. The number of piperidine rings is 1. The van der Waals surface area contributed by atoms with E-state index in [1.807, 2.05) is 32.9 Å². The van der Waals surface area contributed by atoms with Crippen LogP contribution in [0.5, 0.6) is 0 Å². The third-order valence-corrected chi connectivity index (χ3v) is 7.59. The molecule has 1 aromatic heterocycles. The van der Waals surface area contributed by atoms with Gasteiger partial charge in [0.1, 0.15) is 0 Å². The molecular formula is C19H25N3O3S. The lowest BCUT2D eigenvalue weighted by Crippen LogP contribution is -2.38. The van der Waals surface area contributed by atoms with Crippen molar-refractivity contribution in [2.75, 3.05) is 13.1 Å². The van der Waals surface area contributed by atoms with Gasteiger partial charge in [0.05, 0.1) is 4.90 Å². The molecule has 0 atom stereocenters. The standard InChI is InChI=1S/C19H25N3O3S/c1-12-10-13(2)17(14(3)11-12)26(23,24)22-8-6-16(7-9-22)19-21-20-18(25-19)15-4-5-15/h10-11,15-16H,4-9H2,1-3H3. The summed E-state index contributed by atoms with van der Waals surface area (Å²) in [7, 11) is -3.48. The normalized spacial score (nSPS) is 19.8. The molecule has 0 unspecified atom stereocenters. The van der Waals surface area contributed by atoms with Crippen molar-refractivity contribution < 1.29 is 12.8 Å². The molecule has 2 fully saturated rings. The van der Waals surface area contributed by atoms with Gasteiger partial charge in [0.2, 0.25) is 21.8 Å². The molecule has 26 heavy (non-hydrogen) atoms. The number of aromatic nitrogens is 2. The highest BCUT2D eigenvalue weighted by molar-refractivity contribution is 7.89. The summed E-state index contributed by atoms with van der Waals surface area (Å²) in [5.74, 6) is 2.03. The van der Waals surface area contributed by atoms with Crippen LogP contribution in [0.3, 0.4) is 0 Å². The van der Waals surface area contributed by atoms with E-state index >= 15 is 0 Å². The molecule has 1 saturated carbocycles. The van der Waals surface area contributed by atoms with Gasteiger partial charge in [0, 0.05) is 24.9 Å². The molecule has 6 nitrogen and oxygen atoms in total. The quantitative estimate of drug-likeness (QED) is 0.818. The van der Waals surface area contributed by atoms with Gasteiger partial charge in [-0.25, -0.2) is 8.42 Å². The topological polar surface area (TPSA) is 76.3 Å². The van der Waals surface area contributed by atoms with Crippen molar-refractivity contribution in [2.45, 2.75) is 63.2 Å². The Morgan fingerprint density at radius 3 is 1.92 bits per heavy atom. The van der Waals surface area contributed by atoms with Crippen LogP contribution in [-0.2, 0) is 10.0 Å². The highest BCUT2D eigenvalue weighted by Gasteiger charge is 2.35. The van der Waals surface area contributed by atoms with Gasteiger partial charge in [-0.05, 0) is 57.6 Å². The maximum absolute atomic E-state index is 13.2. The second-order valence-corrected chi connectivity index (χ2v) is 9.53. The average molecular weight is 375 g/mol. The molecule has 4 rings (SSSR count). The summed E-state index contributed by atoms with van der Waals surface area (Å²) >= 11 is 0. The predicted molar refractivity (Wildman–Crippen MR) is 97.7 cm³/mol. The van der Waals surface area contributed by atoms with E-state index in [9.17, 15) is 8.42 Å². The summed E-state index contributed by atoms with van der Waals surface area (Å²) in [4.78, 5) is 0.454. The minimum absolute atomic E-state index is 0.154. The highest BCUT2D eigenvalue weighted by atomic mass is 32.2. The van der Waals surface area contributed by atoms with Crippen LogP contribution in [0.2, 0.25) is 0 Å². The zero-order chi connectivity index (χ0) is 18.5. The Bertz CT molecular complexity index is 900. The van der Waals surface area contributed by atoms with Crippen molar-refractivity contribution in [1.29, 1.82) is 0 Å². The second-order valence-electron chi connectivity index (χ2n) is 7.66. The molecule has 2 aromatic rings. The molecule has 140 valence electrons. The van der Waals surface area contributed by atoms with E-state index < -0.39 is 10.0 Å². The van der Waals surface area contributed by atoms with Crippen LogP contribution in [0.25, 0.3) is 0 Å². The predicted octanol–water partition coefficient (Wildman–Crippen LogP) is 3.44. The van der Waals surface area contributed by atoms with Gasteiger partial charge in [0.25, 0.3) is 0 Å². The third-order valence-electron chi connectivity index (χ3n) is 5.39. The van der Waals surface area contributed by atoms with Crippen LogP contribution < -0.4 is 0 Å². The fourth-order valence-corrected chi connectivity index (χ4v) is 5.83. The van der Waals surface area contributed by atoms with Gasteiger partial charge >= 0.3 is 0 Å². The van der Waals surface area contributed by atoms with Crippen molar-refractivity contribution in [3.63, 3.8) is 0 Å². The Morgan fingerprint density at radius 2 is 1.42 bits per heavy atom. The molecule has 1 aliphatic carbocycles. The molecule has 1 aromatic carbocycles. The zero-order valence-electron chi connectivity index (χ0n) is 15.5. The third kappa shape index (κ3) is 3.18. The van der Waals surface area contributed by atoms with Gasteiger partial charge in [0.15, 0.2) is 0 Å². The number of rotatable bonds is 4. The lowest BCUT2D eigenvalue weighted by molar-refractivity contribution is 0.286. The van der Waals surface area contributed by atoms with Crippen LogP contribution in [0.1, 0.15) is 66.0 Å². The first-order valence-electron chi connectivity index (χ1n) is 9.27. The molecule has 2 aliphatic rings. The Hall–Kier alpha value is -1.73. The summed E-state index contributed by atoms with van der Waals surface area (Å²) in [5, 5.41) is 8.35. The minimum Gasteiger partial charge on any atom is -0.425 e. The first-order chi connectivity index (χ1) is 12.4. The molecule has 0 amide bonds. The number of aryl methyl sites for hydroxylation is 3. The number of nitrogens with zero attached hydrogens (tertiary/aromatic N) is 3. The number of benzene rings is 1. The maximum Gasteiger partial charge on any atom is 0.243 e. The smallest absolute Gasteiger partial charge is 0.243 e. The SMILES string of the molecule is Cc1cc(C)c(S(=O)(=O)N2CCC(c3nnc(C4CC4)o3)CC2)c(C)c1. The van der Waals surface area contributed by atoms with Gasteiger partial charge in [-0.2, -0.15) is 4.31 Å². The molecule has 2 heterocycles. The summed E-state index contributed by atoms with van der Waals surface area (Å²) in [6.07, 6.45) is 3.70. The first-order valence-corrected chi connectivity index (χ1v) is 10.7. The maximum atomic E-state index is 13.2. The van der Waals surface area contributed by atoms with Crippen LogP contribution in [0.15, 0.2) is 21.4 Å². The fraction of sp³-hybridized carbons (Fsp3) is 0.579. The monoisotopic (exact) mass is 375 g/mol. The van der Waals surface area contributed by atoms with E-state index in [4.69, 9.17) is 4.42 Å². The van der Waals surface area contributed by atoms with Crippen molar-refractivity contribution >= 4 is 10.0 Å². The zero-order valence-corrected chi connectivity index (χ0v) is 16.3. The Kier molecular flexibility index (Phi) is 4.39. The lowest BCUT2D eigenvalue weighted by Gasteiger charge is -2.30. The number of hydrogen-bond acceptors (Lipinski definition) is 5. The van der Waals surface area contributed by atoms with E-state index in [1.165, 1.54) is 0 Å². The summed E-state index contributed by atoms with van der Waals surface area (Å²) < 4.78 is 33.7. The van der Waals surface area contributed by atoms with Crippen molar-refractivity contribution in [3.8, 4) is 0 Å². The average Bonchev–Trinajstić information content (AvgIpc) is 3.31. The fourth-order valence-electron chi connectivity index (χ4n) is 3.95. The molecule has 0 radical (unpaired) electrons. The largest absolute Gasteiger partial charge is 0.425 e. The van der Waals surface area contributed by atoms with Crippen LogP contribution in [-0.4, -0.2) is 36.0 Å². The Labute approximate surface area is 154 Å². The van der Waals surface area contributed by atoms with Crippen molar-refractivity contribution in [2.24, 2.45) is 0 Å². The van der Waals surface area contributed by atoms with Crippen LogP contribution in [0.4, 0.5) is 0 Å². The molecule has 0 N–H and O–H groups in total. The molecule has 0 bridgehead atoms. The number of hydrogen-bond donors (Lipinski definition) is 0. The van der Waals surface area contributed by atoms with E-state index in [1.54, 1.807) is 4.31 Å².